The van der Waals surface area contributed by atoms with E-state index in [1.54, 1.807) is 12.1 Å². The van der Waals surface area contributed by atoms with E-state index in [1.165, 1.54) is 25.2 Å². The molecule has 0 fully saturated rings. The largest absolute Gasteiger partial charge is 0.497 e. The van der Waals surface area contributed by atoms with Crippen LogP contribution in [0.4, 0.5) is 5.69 Å². The summed E-state index contributed by atoms with van der Waals surface area (Å²) in [5, 5.41) is 2.87. The number of carbonyl (C=O) groups excluding carboxylic acids is 2. The van der Waals surface area contributed by atoms with Crippen LogP contribution in [0.3, 0.4) is 0 Å². The van der Waals surface area contributed by atoms with Gasteiger partial charge in [-0.2, -0.15) is 0 Å². The van der Waals surface area contributed by atoms with Crippen LogP contribution in [0, 0.1) is 0 Å². The first-order valence-corrected chi connectivity index (χ1v) is 13.7. The number of benzene rings is 2. The molecule has 36 heavy (non-hydrogen) atoms. The van der Waals surface area contributed by atoms with Crippen LogP contribution in [0.2, 0.25) is 0 Å². The van der Waals surface area contributed by atoms with Crippen LogP contribution < -0.4 is 19.1 Å². The molecule has 0 saturated carbocycles. The molecule has 0 saturated heterocycles. The van der Waals surface area contributed by atoms with Crippen LogP contribution >= 0.6 is 0 Å². The number of methoxy groups -OCH3 is 2. The summed E-state index contributed by atoms with van der Waals surface area (Å²) < 4.78 is 37.2. The average molecular weight is 520 g/mol. The number of rotatable bonds is 13. The van der Waals surface area contributed by atoms with Crippen molar-refractivity contribution in [1.29, 1.82) is 0 Å². The Hall–Kier alpha value is -3.27. The van der Waals surface area contributed by atoms with Gasteiger partial charge in [-0.3, -0.25) is 13.9 Å². The summed E-state index contributed by atoms with van der Waals surface area (Å²) >= 11 is 0. The van der Waals surface area contributed by atoms with Gasteiger partial charge in [-0.25, -0.2) is 8.42 Å². The van der Waals surface area contributed by atoms with Crippen LogP contribution in [0.15, 0.2) is 48.5 Å². The van der Waals surface area contributed by atoms with E-state index in [0.717, 1.165) is 16.1 Å². The normalized spacial score (nSPS) is 12.1. The molecule has 0 bridgehead atoms. The third-order valence-corrected chi connectivity index (χ3v) is 6.76. The molecule has 2 aromatic carbocycles. The molecule has 0 aliphatic rings. The minimum atomic E-state index is -3.87. The Morgan fingerprint density at radius 1 is 1.03 bits per heavy atom. The van der Waals surface area contributed by atoms with E-state index in [-0.39, 0.29) is 29.9 Å². The zero-order chi connectivity index (χ0) is 26.9. The van der Waals surface area contributed by atoms with Crippen molar-refractivity contribution >= 4 is 27.5 Å². The first-order valence-electron chi connectivity index (χ1n) is 11.8. The number of sulfonamides is 1. The van der Waals surface area contributed by atoms with Gasteiger partial charge in [0.1, 0.15) is 24.1 Å². The summed E-state index contributed by atoms with van der Waals surface area (Å²) in [6, 6.07) is 13.4. The molecular formula is C26H37N3O6S. The molecule has 0 radical (unpaired) electrons. The molecule has 2 rings (SSSR count). The molecule has 198 valence electrons. The number of nitrogens with zero attached hydrogens (tertiary/aromatic N) is 2. The summed E-state index contributed by atoms with van der Waals surface area (Å²) in [4.78, 5) is 28.1. The van der Waals surface area contributed by atoms with Gasteiger partial charge in [-0.05, 0) is 44.4 Å². The topological polar surface area (TPSA) is 105 Å². The van der Waals surface area contributed by atoms with Crippen LogP contribution in [0.1, 0.15) is 32.8 Å². The molecule has 0 aromatic heterocycles. The van der Waals surface area contributed by atoms with Crippen LogP contribution in [-0.2, 0) is 26.0 Å². The number of nitrogens with one attached hydrogen (secondary N) is 1. The van der Waals surface area contributed by atoms with Gasteiger partial charge in [0.25, 0.3) is 0 Å². The number of hydrogen-bond acceptors (Lipinski definition) is 6. The number of hydrogen-bond donors (Lipinski definition) is 1. The average Bonchev–Trinajstić information content (AvgIpc) is 2.84. The zero-order valence-electron chi connectivity index (χ0n) is 21.9. The van der Waals surface area contributed by atoms with Gasteiger partial charge >= 0.3 is 0 Å². The Bertz CT molecular complexity index is 1120. The Balaban J connectivity index is 2.43. The summed E-state index contributed by atoms with van der Waals surface area (Å²) in [7, 11) is -0.970. The highest BCUT2D eigenvalue weighted by Gasteiger charge is 2.32. The molecule has 0 heterocycles. The van der Waals surface area contributed by atoms with E-state index in [9.17, 15) is 18.0 Å². The van der Waals surface area contributed by atoms with Gasteiger partial charge < -0.3 is 19.7 Å². The standard InChI is InChI=1S/C26H37N3O6S/c1-7-22(26(31)27-19(2)3)28(16-15-20-11-9-8-10-12-20)25(30)18-29(36(6,32)33)23-14-13-21(34-4)17-24(23)35-5/h8-14,17,19,22H,7,15-16,18H2,1-6H3,(H,27,31). The van der Waals surface area contributed by atoms with Crippen molar-refractivity contribution in [3.05, 3.63) is 54.1 Å². The highest BCUT2D eigenvalue weighted by Crippen LogP contribution is 2.33. The Kier molecular flexibility index (Phi) is 10.6. The molecule has 0 aliphatic carbocycles. The Morgan fingerprint density at radius 3 is 2.22 bits per heavy atom. The second kappa shape index (κ2) is 13.2. The lowest BCUT2D eigenvalue weighted by molar-refractivity contribution is -0.139. The smallest absolute Gasteiger partial charge is 0.244 e. The van der Waals surface area contributed by atoms with Gasteiger partial charge in [0.05, 0.1) is 26.2 Å². The van der Waals surface area contributed by atoms with E-state index in [1.807, 2.05) is 51.1 Å². The lowest BCUT2D eigenvalue weighted by Crippen LogP contribution is -2.54. The SMILES string of the molecule is CCC(C(=O)NC(C)C)N(CCc1ccccc1)C(=O)CN(c1ccc(OC)cc1OC)S(C)(=O)=O. The minimum Gasteiger partial charge on any atom is -0.497 e. The number of amides is 2. The molecule has 9 nitrogen and oxygen atoms in total. The highest BCUT2D eigenvalue weighted by molar-refractivity contribution is 7.92. The highest BCUT2D eigenvalue weighted by atomic mass is 32.2. The summed E-state index contributed by atoms with van der Waals surface area (Å²) in [6.07, 6.45) is 1.92. The second-order valence-electron chi connectivity index (χ2n) is 8.72. The van der Waals surface area contributed by atoms with Crippen molar-refractivity contribution in [2.45, 2.75) is 45.7 Å². The van der Waals surface area contributed by atoms with Crippen molar-refractivity contribution < 1.29 is 27.5 Å². The first kappa shape index (κ1) is 29.0. The quantitative estimate of drug-likeness (QED) is 0.436. The Labute approximate surface area is 214 Å². The number of ether oxygens (including phenoxy) is 2. The van der Waals surface area contributed by atoms with Gasteiger partial charge in [-0.1, -0.05) is 37.3 Å². The predicted octanol–water partition coefficient (Wildman–Crippen LogP) is 2.84. The molecule has 2 aromatic rings. The predicted molar refractivity (Wildman–Crippen MR) is 141 cm³/mol. The summed E-state index contributed by atoms with van der Waals surface area (Å²) in [6.45, 7) is 5.30. The van der Waals surface area contributed by atoms with Crippen molar-refractivity contribution in [3.63, 3.8) is 0 Å². The van der Waals surface area contributed by atoms with E-state index in [4.69, 9.17) is 9.47 Å². The maximum atomic E-state index is 13.7. The molecular weight excluding hydrogens is 482 g/mol. The van der Waals surface area contributed by atoms with Gasteiger partial charge in [0, 0.05) is 18.7 Å². The first-order chi connectivity index (χ1) is 17.0. The fraction of sp³-hybridized carbons (Fsp3) is 0.462. The maximum absolute atomic E-state index is 13.7. The minimum absolute atomic E-state index is 0.103. The zero-order valence-corrected chi connectivity index (χ0v) is 22.7. The van der Waals surface area contributed by atoms with Crippen molar-refractivity contribution in [2.24, 2.45) is 0 Å². The van der Waals surface area contributed by atoms with E-state index in [0.29, 0.717) is 18.6 Å². The van der Waals surface area contributed by atoms with Crippen LogP contribution in [-0.4, -0.2) is 70.8 Å². The van der Waals surface area contributed by atoms with E-state index >= 15 is 0 Å². The fourth-order valence-corrected chi connectivity index (χ4v) is 4.72. The van der Waals surface area contributed by atoms with Crippen molar-refractivity contribution in [3.8, 4) is 11.5 Å². The van der Waals surface area contributed by atoms with Crippen LogP contribution in [0.5, 0.6) is 11.5 Å². The van der Waals surface area contributed by atoms with Gasteiger partial charge in [-0.15, -0.1) is 0 Å². The lowest BCUT2D eigenvalue weighted by Gasteiger charge is -2.33. The molecule has 0 spiro atoms. The molecule has 0 aliphatic heterocycles. The van der Waals surface area contributed by atoms with Gasteiger partial charge in [0.15, 0.2) is 0 Å². The molecule has 10 heteroatoms. The fourth-order valence-electron chi connectivity index (χ4n) is 3.86. The number of anilines is 1. The van der Waals surface area contributed by atoms with Crippen molar-refractivity contribution in [2.75, 3.05) is 37.9 Å². The van der Waals surface area contributed by atoms with Crippen LogP contribution in [0.25, 0.3) is 0 Å². The van der Waals surface area contributed by atoms with Crippen molar-refractivity contribution in [1.82, 2.24) is 10.2 Å². The Morgan fingerprint density at radius 2 is 1.69 bits per heavy atom. The summed E-state index contributed by atoms with van der Waals surface area (Å²) in [5.41, 5.74) is 1.21. The van der Waals surface area contributed by atoms with E-state index < -0.39 is 28.5 Å². The molecule has 1 N–H and O–H groups in total. The third-order valence-electron chi connectivity index (χ3n) is 5.64. The lowest BCUT2D eigenvalue weighted by atomic mass is 10.1. The van der Waals surface area contributed by atoms with E-state index in [2.05, 4.69) is 5.32 Å². The summed E-state index contributed by atoms with van der Waals surface area (Å²) in [5.74, 6) is -0.0360. The molecule has 2 amide bonds. The number of carbonyl (C=O) groups is 2. The maximum Gasteiger partial charge on any atom is 0.244 e. The third kappa shape index (κ3) is 7.87. The van der Waals surface area contributed by atoms with Gasteiger partial charge in [0.2, 0.25) is 21.8 Å². The molecule has 1 unspecified atom stereocenters. The second-order valence-corrected chi connectivity index (χ2v) is 10.6. The monoisotopic (exact) mass is 519 g/mol. The molecule has 1 atom stereocenters.